The molecule has 1 aliphatic rings. The summed E-state index contributed by atoms with van der Waals surface area (Å²) in [6, 6.07) is 16.8. The van der Waals surface area contributed by atoms with Crippen LogP contribution in [0.3, 0.4) is 0 Å². The molecule has 0 fully saturated rings. The summed E-state index contributed by atoms with van der Waals surface area (Å²) in [6.45, 7) is 1.73. The number of rotatable bonds is 3. The number of hydrogen-bond acceptors (Lipinski definition) is 4. The summed E-state index contributed by atoms with van der Waals surface area (Å²) in [5.74, 6) is 0.852. The molecule has 2 aromatic carbocycles. The van der Waals surface area contributed by atoms with Crippen LogP contribution in [0.4, 0.5) is 11.4 Å². The van der Waals surface area contributed by atoms with Gasteiger partial charge in [0, 0.05) is 43.1 Å². The van der Waals surface area contributed by atoms with E-state index in [4.69, 9.17) is 0 Å². The molecule has 21 heavy (non-hydrogen) atoms. The lowest BCUT2D eigenvalue weighted by molar-refractivity contribution is 0.959. The normalized spacial score (nSPS) is 13.5. The van der Waals surface area contributed by atoms with Crippen molar-refractivity contribution < 1.29 is 0 Å². The van der Waals surface area contributed by atoms with Gasteiger partial charge in [-0.3, -0.25) is 4.99 Å². The van der Waals surface area contributed by atoms with Crippen LogP contribution in [0, 0.1) is 0 Å². The molecule has 0 radical (unpaired) electrons. The Morgan fingerprint density at radius 2 is 1.71 bits per heavy atom. The van der Waals surface area contributed by atoms with Gasteiger partial charge in [-0.2, -0.15) is 0 Å². The number of benzene rings is 2. The molecule has 3 rings (SSSR count). The Hall–Kier alpha value is -2.49. The van der Waals surface area contributed by atoms with E-state index in [2.05, 4.69) is 77.1 Å². The monoisotopic (exact) mass is 280 g/mol. The Morgan fingerprint density at radius 3 is 2.43 bits per heavy atom. The fourth-order valence-electron chi connectivity index (χ4n) is 2.53. The maximum atomic E-state index is 4.41. The van der Waals surface area contributed by atoms with Crippen molar-refractivity contribution in [3.8, 4) is 11.1 Å². The van der Waals surface area contributed by atoms with Gasteiger partial charge in [0.25, 0.3) is 0 Å². The second-order valence-corrected chi connectivity index (χ2v) is 5.24. The molecule has 1 heterocycles. The summed E-state index contributed by atoms with van der Waals surface area (Å²) < 4.78 is 0. The average Bonchev–Trinajstić information content (AvgIpc) is 3.01. The van der Waals surface area contributed by atoms with Crippen molar-refractivity contribution in [1.29, 1.82) is 0 Å². The van der Waals surface area contributed by atoms with Gasteiger partial charge < -0.3 is 15.5 Å². The van der Waals surface area contributed by atoms with Gasteiger partial charge in [0.15, 0.2) is 5.96 Å². The van der Waals surface area contributed by atoms with Crippen LogP contribution in [0.25, 0.3) is 11.1 Å². The van der Waals surface area contributed by atoms with Crippen molar-refractivity contribution in [2.75, 3.05) is 37.4 Å². The SMILES string of the molecule is CN(C)c1ccccc1-c1ccccc1NC1=NCCN1. The van der Waals surface area contributed by atoms with E-state index in [1.54, 1.807) is 0 Å². The van der Waals surface area contributed by atoms with E-state index in [0.29, 0.717) is 0 Å². The predicted octanol–water partition coefficient (Wildman–Crippen LogP) is 2.79. The number of hydrogen-bond donors (Lipinski definition) is 2. The minimum absolute atomic E-state index is 0.832. The van der Waals surface area contributed by atoms with Gasteiger partial charge in [-0.1, -0.05) is 36.4 Å². The number of nitrogens with one attached hydrogen (secondary N) is 2. The first-order chi connectivity index (χ1) is 10.3. The molecule has 4 heteroatoms. The summed E-state index contributed by atoms with van der Waals surface area (Å²) in [7, 11) is 4.13. The van der Waals surface area contributed by atoms with Crippen LogP contribution in [0.15, 0.2) is 53.5 Å². The molecular formula is C17H20N4. The highest BCUT2D eigenvalue weighted by molar-refractivity contribution is 5.99. The summed E-state index contributed by atoms with van der Waals surface area (Å²) in [5.41, 5.74) is 4.66. The molecule has 2 N–H and O–H groups in total. The quantitative estimate of drug-likeness (QED) is 0.908. The average molecular weight is 280 g/mol. The molecule has 0 saturated carbocycles. The molecule has 0 bridgehead atoms. The number of para-hydroxylation sites is 2. The fourth-order valence-corrected chi connectivity index (χ4v) is 2.53. The first-order valence-electron chi connectivity index (χ1n) is 7.17. The van der Waals surface area contributed by atoms with Crippen molar-refractivity contribution in [1.82, 2.24) is 5.32 Å². The van der Waals surface area contributed by atoms with E-state index >= 15 is 0 Å². The van der Waals surface area contributed by atoms with E-state index in [1.165, 1.54) is 16.8 Å². The lowest BCUT2D eigenvalue weighted by Crippen LogP contribution is -2.26. The summed E-state index contributed by atoms with van der Waals surface area (Å²) >= 11 is 0. The molecular weight excluding hydrogens is 260 g/mol. The third-order valence-electron chi connectivity index (χ3n) is 3.53. The molecule has 0 aromatic heterocycles. The standard InChI is InChI=1S/C17H20N4/c1-21(2)16-10-6-4-8-14(16)13-7-3-5-9-15(13)20-17-18-11-12-19-17/h3-10H,11-12H2,1-2H3,(H2,18,19,20). The maximum Gasteiger partial charge on any atom is 0.195 e. The van der Waals surface area contributed by atoms with Crippen LogP contribution in [-0.2, 0) is 0 Å². The third kappa shape index (κ3) is 2.84. The Bertz CT molecular complexity index is 661. The van der Waals surface area contributed by atoms with Gasteiger partial charge in [0.2, 0.25) is 0 Å². The van der Waals surface area contributed by atoms with E-state index in [9.17, 15) is 0 Å². The minimum Gasteiger partial charge on any atom is -0.377 e. The molecule has 108 valence electrons. The van der Waals surface area contributed by atoms with Crippen molar-refractivity contribution in [2.24, 2.45) is 4.99 Å². The van der Waals surface area contributed by atoms with Crippen LogP contribution in [-0.4, -0.2) is 33.1 Å². The maximum absolute atomic E-state index is 4.41. The highest BCUT2D eigenvalue weighted by Crippen LogP contribution is 2.34. The van der Waals surface area contributed by atoms with Crippen molar-refractivity contribution in [2.45, 2.75) is 0 Å². The second-order valence-electron chi connectivity index (χ2n) is 5.24. The lowest BCUT2D eigenvalue weighted by Gasteiger charge is -2.19. The van der Waals surface area contributed by atoms with E-state index < -0.39 is 0 Å². The molecule has 0 amide bonds. The first kappa shape index (κ1) is 13.5. The Labute approximate surface area is 125 Å². The van der Waals surface area contributed by atoms with Crippen LogP contribution in [0.1, 0.15) is 0 Å². The molecule has 1 aliphatic heterocycles. The predicted molar refractivity (Wildman–Crippen MR) is 90.1 cm³/mol. The van der Waals surface area contributed by atoms with Crippen molar-refractivity contribution in [3.05, 3.63) is 48.5 Å². The van der Waals surface area contributed by atoms with Gasteiger partial charge >= 0.3 is 0 Å². The van der Waals surface area contributed by atoms with Crippen molar-refractivity contribution >= 4 is 17.3 Å². The lowest BCUT2D eigenvalue weighted by atomic mass is 10.0. The number of guanidine groups is 1. The fraction of sp³-hybridized carbons (Fsp3) is 0.235. The number of anilines is 2. The number of aliphatic imine (C=N–C) groups is 1. The molecule has 0 saturated heterocycles. The largest absolute Gasteiger partial charge is 0.377 e. The minimum atomic E-state index is 0.832. The van der Waals surface area contributed by atoms with Crippen LogP contribution in [0.2, 0.25) is 0 Å². The van der Waals surface area contributed by atoms with Gasteiger partial charge in [-0.05, 0) is 12.1 Å². The Kier molecular flexibility index (Phi) is 3.77. The third-order valence-corrected chi connectivity index (χ3v) is 3.53. The van der Waals surface area contributed by atoms with Gasteiger partial charge in [-0.15, -0.1) is 0 Å². The van der Waals surface area contributed by atoms with Crippen LogP contribution < -0.4 is 15.5 Å². The van der Waals surface area contributed by atoms with Crippen LogP contribution >= 0.6 is 0 Å². The zero-order chi connectivity index (χ0) is 14.7. The smallest absolute Gasteiger partial charge is 0.195 e. The second kappa shape index (κ2) is 5.87. The Morgan fingerprint density at radius 1 is 1.00 bits per heavy atom. The van der Waals surface area contributed by atoms with Crippen molar-refractivity contribution in [3.63, 3.8) is 0 Å². The van der Waals surface area contributed by atoms with Gasteiger partial charge in [-0.25, -0.2) is 0 Å². The van der Waals surface area contributed by atoms with Gasteiger partial charge in [0.1, 0.15) is 0 Å². The van der Waals surface area contributed by atoms with E-state index in [0.717, 1.165) is 24.7 Å². The molecule has 2 aromatic rings. The molecule has 0 atom stereocenters. The molecule has 0 spiro atoms. The topological polar surface area (TPSA) is 39.7 Å². The molecule has 4 nitrogen and oxygen atoms in total. The van der Waals surface area contributed by atoms with E-state index in [1.807, 2.05) is 6.07 Å². The molecule has 0 unspecified atom stereocenters. The van der Waals surface area contributed by atoms with E-state index in [-0.39, 0.29) is 0 Å². The highest BCUT2D eigenvalue weighted by atomic mass is 15.2. The van der Waals surface area contributed by atoms with Gasteiger partial charge in [0.05, 0.1) is 6.54 Å². The summed E-state index contributed by atoms with van der Waals surface area (Å²) in [4.78, 5) is 6.54. The van der Waals surface area contributed by atoms with Crippen LogP contribution in [0.5, 0.6) is 0 Å². The summed E-state index contributed by atoms with van der Waals surface area (Å²) in [6.07, 6.45) is 0. The zero-order valence-corrected chi connectivity index (χ0v) is 12.4. The zero-order valence-electron chi connectivity index (χ0n) is 12.4. The summed E-state index contributed by atoms with van der Waals surface area (Å²) in [5, 5.41) is 6.64. The number of nitrogens with zero attached hydrogens (tertiary/aromatic N) is 2. The Balaban J connectivity index is 2.02. The highest BCUT2D eigenvalue weighted by Gasteiger charge is 2.12. The molecule has 0 aliphatic carbocycles. The first-order valence-corrected chi connectivity index (χ1v) is 7.17.